The van der Waals surface area contributed by atoms with Crippen LogP contribution in [-0.4, -0.2) is 49.0 Å². The van der Waals surface area contributed by atoms with Gasteiger partial charge in [0, 0.05) is 31.2 Å². The summed E-state index contributed by atoms with van der Waals surface area (Å²) in [7, 11) is 0. The van der Waals surface area contributed by atoms with Gasteiger partial charge in [-0.05, 0) is 25.1 Å². The third-order valence-electron chi connectivity index (χ3n) is 3.62. The number of rotatable bonds is 1. The molecule has 2 N–H and O–H groups in total. The molecule has 2 aliphatic heterocycles. The predicted molar refractivity (Wildman–Crippen MR) is 73.9 cm³/mol. The van der Waals surface area contributed by atoms with E-state index in [-0.39, 0.29) is 24.5 Å². The van der Waals surface area contributed by atoms with Crippen LogP contribution >= 0.6 is 0 Å². The molecule has 0 spiro atoms. The molecule has 2 amide bonds. The van der Waals surface area contributed by atoms with E-state index in [0.717, 1.165) is 13.1 Å². The Labute approximate surface area is 117 Å². The summed E-state index contributed by atoms with van der Waals surface area (Å²) in [4.78, 5) is 25.7. The van der Waals surface area contributed by atoms with Crippen LogP contribution in [0.15, 0.2) is 18.2 Å². The van der Waals surface area contributed by atoms with E-state index in [4.69, 9.17) is 4.74 Å². The van der Waals surface area contributed by atoms with Crippen LogP contribution in [0, 0.1) is 0 Å². The van der Waals surface area contributed by atoms with Gasteiger partial charge < -0.3 is 20.3 Å². The van der Waals surface area contributed by atoms with Crippen molar-refractivity contribution >= 4 is 17.5 Å². The highest BCUT2D eigenvalue weighted by Crippen LogP contribution is 2.29. The van der Waals surface area contributed by atoms with Crippen LogP contribution in [-0.2, 0) is 4.79 Å². The van der Waals surface area contributed by atoms with Crippen molar-refractivity contribution in [3.05, 3.63) is 23.8 Å². The molecule has 0 aliphatic carbocycles. The minimum absolute atomic E-state index is 0.0124. The fourth-order valence-electron chi connectivity index (χ4n) is 2.52. The molecule has 1 fully saturated rings. The standard InChI is InChI=1S/C14H17N3O3/c1-9-7-15-4-5-17(9)14(19)10-2-3-12-11(6-10)16-13(18)8-20-12/h2-3,6,9,15H,4-5,7-8H2,1H3,(H,16,18). The number of hydrogen-bond acceptors (Lipinski definition) is 4. The number of anilines is 1. The van der Waals surface area contributed by atoms with Gasteiger partial charge in [0.25, 0.3) is 11.8 Å². The zero-order valence-corrected chi connectivity index (χ0v) is 11.3. The van der Waals surface area contributed by atoms with E-state index in [0.29, 0.717) is 23.5 Å². The smallest absolute Gasteiger partial charge is 0.262 e. The van der Waals surface area contributed by atoms with Gasteiger partial charge in [0.15, 0.2) is 6.61 Å². The Morgan fingerprint density at radius 1 is 1.45 bits per heavy atom. The predicted octanol–water partition coefficient (Wildman–Crippen LogP) is 0.451. The largest absolute Gasteiger partial charge is 0.482 e. The van der Waals surface area contributed by atoms with Gasteiger partial charge in [0.2, 0.25) is 0 Å². The first kappa shape index (κ1) is 12.9. The Bertz CT molecular complexity index is 559. The second-order valence-electron chi connectivity index (χ2n) is 5.10. The number of benzene rings is 1. The first-order chi connectivity index (χ1) is 9.65. The van der Waals surface area contributed by atoms with Crippen LogP contribution in [0.2, 0.25) is 0 Å². The second-order valence-corrected chi connectivity index (χ2v) is 5.10. The quantitative estimate of drug-likeness (QED) is 0.781. The Morgan fingerprint density at radius 2 is 2.30 bits per heavy atom. The molecule has 0 aromatic heterocycles. The Morgan fingerprint density at radius 3 is 3.10 bits per heavy atom. The van der Waals surface area contributed by atoms with E-state index in [9.17, 15) is 9.59 Å². The average Bonchev–Trinajstić information content (AvgIpc) is 2.46. The summed E-state index contributed by atoms with van der Waals surface area (Å²) in [5, 5.41) is 5.98. The summed E-state index contributed by atoms with van der Waals surface area (Å²) >= 11 is 0. The highest BCUT2D eigenvalue weighted by atomic mass is 16.5. The number of carbonyl (C=O) groups is 2. The lowest BCUT2D eigenvalue weighted by molar-refractivity contribution is -0.118. The zero-order valence-electron chi connectivity index (χ0n) is 11.3. The molecule has 20 heavy (non-hydrogen) atoms. The van der Waals surface area contributed by atoms with E-state index < -0.39 is 0 Å². The van der Waals surface area contributed by atoms with Crippen molar-refractivity contribution in [1.82, 2.24) is 10.2 Å². The SMILES string of the molecule is CC1CNCCN1C(=O)c1ccc2c(c1)NC(=O)CO2. The lowest BCUT2D eigenvalue weighted by Crippen LogP contribution is -2.52. The van der Waals surface area contributed by atoms with Gasteiger partial charge in [-0.3, -0.25) is 9.59 Å². The zero-order chi connectivity index (χ0) is 14.1. The number of hydrogen-bond donors (Lipinski definition) is 2. The van der Waals surface area contributed by atoms with E-state index >= 15 is 0 Å². The van der Waals surface area contributed by atoms with Crippen LogP contribution in [0.25, 0.3) is 0 Å². The third-order valence-corrected chi connectivity index (χ3v) is 3.62. The Hall–Kier alpha value is -2.08. The van der Waals surface area contributed by atoms with Crippen LogP contribution < -0.4 is 15.4 Å². The first-order valence-electron chi connectivity index (χ1n) is 6.73. The summed E-state index contributed by atoms with van der Waals surface area (Å²) in [5.74, 6) is 0.397. The van der Waals surface area contributed by atoms with Crippen LogP contribution in [0.3, 0.4) is 0 Å². The van der Waals surface area contributed by atoms with Crippen molar-refractivity contribution in [3.8, 4) is 5.75 Å². The van der Waals surface area contributed by atoms with E-state index in [1.807, 2.05) is 11.8 Å². The molecular weight excluding hydrogens is 258 g/mol. The highest BCUT2D eigenvalue weighted by molar-refractivity contribution is 6.00. The van der Waals surface area contributed by atoms with Gasteiger partial charge in [0.1, 0.15) is 5.75 Å². The summed E-state index contributed by atoms with van der Waals surface area (Å²) < 4.78 is 5.29. The second kappa shape index (κ2) is 5.13. The summed E-state index contributed by atoms with van der Waals surface area (Å²) in [6.07, 6.45) is 0. The fourth-order valence-corrected chi connectivity index (χ4v) is 2.52. The third kappa shape index (κ3) is 2.34. The molecule has 1 atom stereocenters. The number of fused-ring (bicyclic) bond motifs is 1. The Balaban J connectivity index is 1.85. The van der Waals surface area contributed by atoms with E-state index in [1.54, 1.807) is 18.2 Å². The Kier molecular flexibility index (Phi) is 3.31. The average molecular weight is 275 g/mol. The molecule has 0 saturated carbocycles. The maximum atomic E-state index is 12.5. The number of amides is 2. The topological polar surface area (TPSA) is 70.7 Å². The number of piperazine rings is 1. The lowest BCUT2D eigenvalue weighted by Gasteiger charge is -2.34. The van der Waals surface area contributed by atoms with E-state index in [2.05, 4.69) is 10.6 Å². The molecular formula is C14H17N3O3. The van der Waals surface area contributed by atoms with Crippen molar-refractivity contribution in [2.24, 2.45) is 0 Å². The minimum Gasteiger partial charge on any atom is -0.482 e. The first-order valence-corrected chi connectivity index (χ1v) is 6.73. The molecule has 2 aliphatic rings. The van der Waals surface area contributed by atoms with Crippen LogP contribution in [0.1, 0.15) is 17.3 Å². The molecule has 106 valence electrons. The molecule has 2 heterocycles. The normalized spacial score (nSPS) is 21.8. The van der Waals surface area contributed by atoms with Gasteiger partial charge in [-0.1, -0.05) is 0 Å². The number of carbonyl (C=O) groups excluding carboxylic acids is 2. The van der Waals surface area contributed by atoms with Gasteiger partial charge >= 0.3 is 0 Å². The molecule has 3 rings (SSSR count). The van der Waals surface area contributed by atoms with Crippen LogP contribution in [0.4, 0.5) is 5.69 Å². The van der Waals surface area contributed by atoms with Gasteiger partial charge in [-0.15, -0.1) is 0 Å². The lowest BCUT2D eigenvalue weighted by atomic mass is 10.1. The van der Waals surface area contributed by atoms with Crippen molar-refractivity contribution in [2.75, 3.05) is 31.6 Å². The minimum atomic E-state index is -0.197. The van der Waals surface area contributed by atoms with Crippen molar-refractivity contribution in [2.45, 2.75) is 13.0 Å². The van der Waals surface area contributed by atoms with Gasteiger partial charge in [-0.25, -0.2) is 0 Å². The summed E-state index contributed by atoms with van der Waals surface area (Å²) in [6, 6.07) is 5.32. The fraction of sp³-hybridized carbons (Fsp3) is 0.429. The molecule has 1 unspecified atom stereocenters. The van der Waals surface area contributed by atoms with E-state index in [1.165, 1.54) is 0 Å². The number of ether oxygens (including phenoxy) is 1. The molecule has 0 bridgehead atoms. The molecule has 1 saturated heterocycles. The van der Waals surface area contributed by atoms with Gasteiger partial charge in [0.05, 0.1) is 5.69 Å². The van der Waals surface area contributed by atoms with Crippen LogP contribution in [0.5, 0.6) is 5.75 Å². The maximum Gasteiger partial charge on any atom is 0.262 e. The number of nitrogens with zero attached hydrogens (tertiary/aromatic N) is 1. The summed E-state index contributed by atoms with van der Waals surface area (Å²) in [6.45, 7) is 4.35. The highest BCUT2D eigenvalue weighted by Gasteiger charge is 2.25. The molecule has 6 heteroatoms. The molecule has 1 aromatic carbocycles. The molecule has 1 aromatic rings. The molecule has 0 radical (unpaired) electrons. The van der Waals surface area contributed by atoms with Crippen molar-refractivity contribution in [1.29, 1.82) is 0 Å². The summed E-state index contributed by atoms with van der Waals surface area (Å²) in [5.41, 5.74) is 1.14. The van der Waals surface area contributed by atoms with Gasteiger partial charge in [-0.2, -0.15) is 0 Å². The van der Waals surface area contributed by atoms with Crippen molar-refractivity contribution in [3.63, 3.8) is 0 Å². The number of nitrogens with one attached hydrogen (secondary N) is 2. The maximum absolute atomic E-state index is 12.5. The monoisotopic (exact) mass is 275 g/mol. The molecule has 6 nitrogen and oxygen atoms in total. The van der Waals surface area contributed by atoms with Crippen molar-refractivity contribution < 1.29 is 14.3 Å².